The Labute approximate surface area is 197 Å². The van der Waals surface area contributed by atoms with E-state index in [1.54, 1.807) is 12.1 Å². The molecule has 33 heavy (non-hydrogen) atoms. The molecule has 2 aliphatic rings. The van der Waals surface area contributed by atoms with Crippen LogP contribution in [0.1, 0.15) is 56.1 Å². The lowest BCUT2D eigenvalue weighted by atomic mass is 9.73. The van der Waals surface area contributed by atoms with Gasteiger partial charge in [-0.3, -0.25) is 9.69 Å². The normalized spacial score (nSPS) is 20.7. The SMILES string of the molecule is CN1CC2(CCCCc3ccccc3OCCCC1=O)CCN(Cc1ccccc1F)CC2. The second-order valence-electron chi connectivity index (χ2n) is 9.88. The molecule has 0 atom stereocenters. The Morgan fingerprint density at radius 2 is 1.70 bits per heavy atom. The summed E-state index contributed by atoms with van der Waals surface area (Å²) < 4.78 is 20.1. The first-order valence-electron chi connectivity index (χ1n) is 12.5. The molecule has 2 heterocycles. The Bertz CT molecular complexity index is 924. The number of hydrogen-bond acceptors (Lipinski definition) is 3. The van der Waals surface area contributed by atoms with Crippen LogP contribution in [0, 0.1) is 11.2 Å². The molecule has 0 N–H and O–H groups in total. The van der Waals surface area contributed by atoms with E-state index in [4.69, 9.17) is 4.74 Å². The number of amides is 1. The lowest BCUT2D eigenvalue weighted by molar-refractivity contribution is -0.132. The van der Waals surface area contributed by atoms with E-state index >= 15 is 0 Å². The number of carbonyl (C=O) groups excluding carboxylic acids is 1. The first-order valence-corrected chi connectivity index (χ1v) is 12.5. The zero-order valence-electron chi connectivity index (χ0n) is 19.9. The molecule has 1 spiro atoms. The van der Waals surface area contributed by atoms with Crippen molar-refractivity contribution in [3.05, 3.63) is 65.5 Å². The summed E-state index contributed by atoms with van der Waals surface area (Å²) in [5.41, 5.74) is 2.19. The van der Waals surface area contributed by atoms with Crippen LogP contribution in [0.25, 0.3) is 0 Å². The Balaban J connectivity index is 1.42. The number of piperidine rings is 1. The molecule has 0 saturated carbocycles. The number of hydrogen-bond donors (Lipinski definition) is 0. The van der Waals surface area contributed by atoms with Gasteiger partial charge in [0, 0.05) is 32.1 Å². The van der Waals surface area contributed by atoms with Crippen molar-refractivity contribution >= 4 is 5.91 Å². The summed E-state index contributed by atoms with van der Waals surface area (Å²) in [6.07, 6.45) is 7.79. The predicted octanol–water partition coefficient (Wildman–Crippen LogP) is 5.45. The number of fused-ring (bicyclic) bond motifs is 1. The number of rotatable bonds is 2. The third kappa shape index (κ3) is 6.35. The number of nitrogens with zero attached hydrogens (tertiary/aromatic N) is 2. The molecule has 1 amide bonds. The van der Waals surface area contributed by atoms with Gasteiger partial charge in [0.25, 0.3) is 0 Å². The third-order valence-electron chi connectivity index (χ3n) is 7.44. The van der Waals surface area contributed by atoms with Gasteiger partial charge in [0.2, 0.25) is 5.91 Å². The maximum atomic E-state index is 14.1. The molecule has 4 rings (SSSR count). The first-order chi connectivity index (χ1) is 16.0. The van der Waals surface area contributed by atoms with E-state index in [9.17, 15) is 9.18 Å². The number of aryl methyl sites for hydroxylation is 1. The zero-order chi connectivity index (χ0) is 23.1. The Kier molecular flexibility index (Phi) is 8.02. The summed E-state index contributed by atoms with van der Waals surface area (Å²) in [6, 6.07) is 15.4. The quantitative estimate of drug-likeness (QED) is 0.607. The van der Waals surface area contributed by atoms with Gasteiger partial charge < -0.3 is 9.64 Å². The lowest BCUT2D eigenvalue weighted by Crippen LogP contribution is -2.46. The molecule has 1 fully saturated rings. The molecule has 178 valence electrons. The molecule has 0 bridgehead atoms. The molecule has 1 saturated heterocycles. The van der Waals surface area contributed by atoms with Gasteiger partial charge in [-0.25, -0.2) is 4.39 Å². The maximum Gasteiger partial charge on any atom is 0.222 e. The molecule has 0 aliphatic carbocycles. The van der Waals surface area contributed by atoms with Gasteiger partial charge in [-0.2, -0.15) is 0 Å². The van der Waals surface area contributed by atoms with Gasteiger partial charge in [-0.1, -0.05) is 42.8 Å². The fourth-order valence-electron chi connectivity index (χ4n) is 5.39. The van der Waals surface area contributed by atoms with Gasteiger partial charge in [-0.15, -0.1) is 0 Å². The summed E-state index contributed by atoms with van der Waals surface area (Å²) in [5, 5.41) is 0. The van der Waals surface area contributed by atoms with Crippen LogP contribution in [0.3, 0.4) is 0 Å². The molecular formula is C28H37FN2O2. The van der Waals surface area contributed by atoms with E-state index in [1.165, 1.54) is 5.56 Å². The average molecular weight is 453 g/mol. The van der Waals surface area contributed by atoms with E-state index in [0.29, 0.717) is 19.6 Å². The van der Waals surface area contributed by atoms with E-state index in [-0.39, 0.29) is 17.1 Å². The fraction of sp³-hybridized carbons (Fsp3) is 0.536. The van der Waals surface area contributed by atoms with Gasteiger partial charge in [-0.05, 0) is 74.7 Å². The van der Waals surface area contributed by atoms with E-state index in [0.717, 1.165) is 75.9 Å². The van der Waals surface area contributed by atoms with Crippen molar-refractivity contribution in [2.45, 2.75) is 57.9 Å². The number of benzene rings is 2. The van der Waals surface area contributed by atoms with E-state index in [2.05, 4.69) is 17.0 Å². The van der Waals surface area contributed by atoms with Crippen LogP contribution in [-0.4, -0.2) is 49.0 Å². The number of para-hydroxylation sites is 1. The molecule has 2 aromatic carbocycles. The second kappa shape index (κ2) is 11.1. The standard InChI is InChI=1S/C28H37FN2O2/c1-30-22-28(16-18-31(19-17-28)21-24-11-2-4-12-25(24)29)15-7-6-10-23-9-3-5-13-26(23)33-20-8-14-27(30)32/h2-5,9,11-13H,6-8,10,14-22H2,1H3. The van der Waals surface area contributed by atoms with Crippen molar-refractivity contribution in [2.75, 3.05) is 33.3 Å². The average Bonchev–Trinajstić information content (AvgIpc) is 2.82. The lowest BCUT2D eigenvalue weighted by Gasteiger charge is -2.44. The molecule has 0 radical (unpaired) electrons. The summed E-state index contributed by atoms with van der Waals surface area (Å²) in [7, 11) is 1.96. The number of likely N-dealkylation sites (tertiary alicyclic amines) is 1. The summed E-state index contributed by atoms with van der Waals surface area (Å²) in [4.78, 5) is 17.1. The van der Waals surface area contributed by atoms with E-state index < -0.39 is 0 Å². The van der Waals surface area contributed by atoms with Crippen molar-refractivity contribution < 1.29 is 13.9 Å². The van der Waals surface area contributed by atoms with Crippen LogP contribution < -0.4 is 4.74 Å². The highest BCUT2D eigenvalue weighted by Crippen LogP contribution is 2.38. The number of carbonyl (C=O) groups is 1. The number of ether oxygens (including phenoxy) is 1. The number of halogens is 1. The van der Waals surface area contributed by atoms with Crippen molar-refractivity contribution in [3.63, 3.8) is 0 Å². The second-order valence-corrected chi connectivity index (χ2v) is 9.88. The fourth-order valence-corrected chi connectivity index (χ4v) is 5.39. The zero-order valence-corrected chi connectivity index (χ0v) is 19.9. The topological polar surface area (TPSA) is 32.8 Å². The first kappa shape index (κ1) is 23.7. The van der Waals surface area contributed by atoms with Gasteiger partial charge >= 0.3 is 0 Å². The van der Waals surface area contributed by atoms with Crippen molar-refractivity contribution in [3.8, 4) is 5.75 Å². The highest BCUT2D eigenvalue weighted by Gasteiger charge is 2.36. The minimum atomic E-state index is -0.120. The minimum Gasteiger partial charge on any atom is -0.493 e. The van der Waals surface area contributed by atoms with Gasteiger partial charge in [0.1, 0.15) is 11.6 Å². The Morgan fingerprint density at radius 3 is 2.52 bits per heavy atom. The monoisotopic (exact) mass is 452 g/mol. The van der Waals surface area contributed by atoms with Gasteiger partial charge in [0.05, 0.1) is 6.61 Å². The molecule has 0 aromatic heterocycles. The van der Waals surface area contributed by atoms with Crippen LogP contribution in [0.15, 0.2) is 48.5 Å². The van der Waals surface area contributed by atoms with Crippen LogP contribution in [0.4, 0.5) is 4.39 Å². The van der Waals surface area contributed by atoms with Crippen LogP contribution in [0.5, 0.6) is 5.75 Å². The highest BCUT2D eigenvalue weighted by atomic mass is 19.1. The summed E-state index contributed by atoms with van der Waals surface area (Å²) in [5.74, 6) is 1.05. The van der Waals surface area contributed by atoms with E-state index in [1.807, 2.05) is 36.2 Å². The molecule has 2 aliphatic heterocycles. The molecule has 4 nitrogen and oxygen atoms in total. The third-order valence-corrected chi connectivity index (χ3v) is 7.44. The molecule has 0 unspecified atom stereocenters. The van der Waals surface area contributed by atoms with Crippen LogP contribution in [-0.2, 0) is 17.8 Å². The molecule has 5 heteroatoms. The Morgan fingerprint density at radius 1 is 0.939 bits per heavy atom. The van der Waals surface area contributed by atoms with Gasteiger partial charge in [0.15, 0.2) is 0 Å². The summed E-state index contributed by atoms with van der Waals surface area (Å²) >= 11 is 0. The smallest absolute Gasteiger partial charge is 0.222 e. The minimum absolute atomic E-state index is 0.120. The van der Waals surface area contributed by atoms with Crippen LogP contribution >= 0.6 is 0 Å². The highest BCUT2D eigenvalue weighted by molar-refractivity contribution is 5.75. The Hall–Kier alpha value is -2.40. The van der Waals surface area contributed by atoms with Crippen molar-refractivity contribution in [1.29, 1.82) is 0 Å². The molecular weight excluding hydrogens is 415 g/mol. The summed E-state index contributed by atoms with van der Waals surface area (Å²) in [6.45, 7) is 3.96. The largest absolute Gasteiger partial charge is 0.493 e. The maximum absolute atomic E-state index is 14.1. The van der Waals surface area contributed by atoms with Crippen molar-refractivity contribution in [1.82, 2.24) is 9.80 Å². The van der Waals surface area contributed by atoms with Crippen molar-refractivity contribution in [2.24, 2.45) is 5.41 Å². The predicted molar refractivity (Wildman–Crippen MR) is 130 cm³/mol. The van der Waals surface area contributed by atoms with Crippen LogP contribution in [0.2, 0.25) is 0 Å². The molecule has 2 aromatic rings.